The zero-order valence-corrected chi connectivity index (χ0v) is 10.3. The van der Waals surface area contributed by atoms with E-state index in [1.165, 1.54) is 7.11 Å². The zero-order valence-electron chi connectivity index (χ0n) is 10.3. The van der Waals surface area contributed by atoms with Gasteiger partial charge in [0.25, 0.3) is 0 Å². The van der Waals surface area contributed by atoms with Gasteiger partial charge in [0, 0.05) is 13.5 Å². The molecular formula is C11H21NO4. The summed E-state index contributed by atoms with van der Waals surface area (Å²) in [5.74, 6) is -0.688. The van der Waals surface area contributed by atoms with E-state index < -0.39 is 12.0 Å². The van der Waals surface area contributed by atoms with Crippen molar-refractivity contribution in [3.05, 3.63) is 0 Å². The lowest BCUT2D eigenvalue weighted by molar-refractivity contribution is -0.143. The maximum absolute atomic E-state index is 11.5. The molecule has 2 unspecified atom stereocenters. The maximum Gasteiger partial charge on any atom is 0.328 e. The van der Waals surface area contributed by atoms with E-state index in [-0.39, 0.29) is 18.4 Å². The summed E-state index contributed by atoms with van der Waals surface area (Å²) in [4.78, 5) is 22.3. The molecule has 0 aliphatic rings. The first-order valence-corrected chi connectivity index (χ1v) is 5.39. The van der Waals surface area contributed by atoms with E-state index in [2.05, 4.69) is 5.32 Å². The van der Waals surface area contributed by atoms with Crippen molar-refractivity contribution in [3.63, 3.8) is 0 Å². The van der Waals surface area contributed by atoms with Crippen LogP contribution < -0.4 is 5.32 Å². The van der Waals surface area contributed by atoms with Crippen LogP contribution in [-0.4, -0.2) is 36.7 Å². The Morgan fingerprint density at radius 2 is 1.88 bits per heavy atom. The van der Waals surface area contributed by atoms with Gasteiger partial charge in [-0.25, -0.2) is 4.79 Å². The minimum atomic E-state index is -1.08. The molecule has 0 aliphatic heterocycles. The lowest BCUT2D eigenvalue weighted by atomic mass is 9.94. The summed E-state index contributed by atoms with van der Waals surface area (Å²) in [6, 6.07) is -0.961. The maximum atomic E-state index is 11.5. The minimum Gasteiger partial charge on any atom is -0.480 e. The first kappa shape index (κ1) is 14.9. The third kappa shape index (κ3) is 5.70. The summed E-state index contributed by atoms with van der Waals surface area (Å²) in [5.41, 5.74) is 0. The third-order valence-electron chi connectivity index (χ3n) is 2.61. The van der Waals surface area contributed by atoms with Gasteiger partial charge in [-0.1, -0.05) is 20.8 Å². The summed E-state index contributed by atoms with van der Waals surface area (Å²) < 4.78 is 4.72. The number of rotatable bonds is 7. The standard InChI is InChI=1S/C11H21NO4/c1-7(2)8(3)5-10(13)12-9(6-16-4)11(14)15/h7-9H,5-6H2,1-4H3,(H,12,13)(H,14,15). The summed E-state index contributed by atoms with van der Waals surface area (Å²) in [6.07, 6.45) is 0.338. The first-order valence-electron chi connectivity index (χ1n) is 5.39. The molecule has 0 saturated carbocycles. The summed E-state index contributed by atoms with van der Waals surface area (Å²) >= 11 is 0. The molecule has 0 saturated heterocycles. The molecule has 0 heterocycles. The summed E-state index contributed by atoms with van der Waals surface area (Å²) in [6.45, 7) is 6.01. The molecule has 0 fully saturated rings. The molecule has 0 aromatic rings. The van der Waals surface area contributed by atoms with Crippen molar-refractivity contribution in [1.29, 1.82) is 0 Å². The number of methoxy groups -OCH3 is 1. The number of ether oxygens (including phenoxy) is 1. The predicted molar refractivity (Wildman–Crippen MR) is 60.1 cm³/mol. The fourth-order valence-corrected chi connectivity index (χ4v) is 1.12. The van der Waals surface area contributed by atoms with Crippen molar-refractivity contribution >= 4 is 11.9 Å². The van der Waals surface area contributed by atoms with Crippen LogP contribution in [-0.2, 0) is 14.3 Å². The van der Waals surface area contributed by atoms with Crippen molar-refractivity contribution in [2.24, 2.45) is 11.8 Å². The third-order valence-corrected chi connectivity index (χ3v) is 2.61. The van der Waals surface area contributed by atoms with E-state index >= 15 is 0 Å². The highest BCUT2D eigenvalue weighted by Gasteiger charge is 2.21. The number of carboxylic acid groups (broad SMARTS) is 1. The second-order valence-electron chi connectivity index (χ2n) is 4.34. The van der Waals surface area contributed by atoms with Crippen LogP contribution in [0.5, 0.6) is 0 Å². The molecule has 2 atom stereocenters. The quantitative estimate of drug-likeness (QED) is 0.682. The topological polar surface area (TPSA) is 75.6 Å². The lowest BCUT2D eigenvalue weighted by Crippen LogP contribution is -2.44. The Labute approximate surface area is 96.2 Å². The van der Waals surface area contributed by atoms with E-state index in [9.17, 15) is 9.59 Å². The fraction of sp³-hybridized carbons (Fsp3) is 0.818. The van der Waals surface area contributed by atoms with Gasteiger partial charge in [-0.15, -0.1) is 0 Å². The van der Waals surface area contributed by atoms with Crippen LogP contribution in [0.15, 0.2) is 0 Å². The van der Waals surface area contributed by atoms with Crippen molar-refractivity contribution in [2.75, 3.05) is 13.7 Å². The molecule has 16 heavy (non-hydrogen) atoms. The van der Waals surface area contributed by atoms with Crippen LogP contribution in [0.25, 0.3) is 0 Å². The van der Waals surface area contributed by atoms with Gasteiger partial charge >= 0.3 is 5.97 Å². The van der Waals surface area contributed by atoms with Crippen molar-refractivity contribution in [3.8, 4) is 0 Å². The number of carbonyl (C=O) groups excluding carboxylic acids is 1. The Balaban J connectivity index is 4.14. The van der Waals surface area contributed by atoms with E-state index in [4.69, 9.17) is 9.84 Å². The van der Waals surface area contributed by atoms with Crippen molar-refractivity contribution < 1.29 is 19.4 Å². The van der Waals surface area contributed by atoms with Crippen LogP contribution in [0.2, 0.25) is 0 Å². The highest BCUT2D eigenvalue weighted by Crippen LogP contribution is 2.13. The van der Waals surface area contributed by atoms with Gasteiger partial charge in [-0.2, -0.15) is 0 Å². The van der Waals surface area contributed by atoms with Gasteiger partial charge < -0.3 is 15.2 Å². The van der Waals surface area contributed by atoms with Crippen LogP contribution >= 0.6 is 0 Å². The molecule has 0 bridgehead atoms. The number of aliphatic carboxylic acids is 1. The molecular weight excluding hydrogens is 210 g/mol. The number of carboxylic acids is 1. The molecule has 0 aromatic heterocycles. The molecule has 1 amide bonds. The molecule has 2 N–H and O–H groups in total. The fourth-order valence-electron chi connectivity index (χ4n) is 1.12. The average molecular weight is 231 g/mol. The van der Waals surface area contributed by atoms with E-state index in [1.807, 2.05) is 20.8 Å². The van der Waals surface area contributed by atoms with Crippen molar-refractivity contribution in [2.45, 2.75) is 33.2 Å². The highest BCUT2D eigenvalue weighted by molar-refractivity contribution is 5.83. The second-order valence-corrected chi connectivity index (χ2v) is 4.34. The van der Waals surface area contributed by atoms with E-state index in [0.717, 1.165) is 0 Å². The summed E-state index contributed by atoms with van der Waals surface area (Å²) in [5, 5.41) is 11.2. The molecule has 0 spiro atoms. The molecule has 94 valence electrons. The number of hydrogen-bond donors (Lipinski definition) is 2. The van der Waals surface area contributed by atoms with Gasteiger partial charge in [0.15, 0.2) is 6.04 Å². The molecule has 5 nitrogen and oxygen atoms in total. The number of hydrogen-bond acceptors (Lipinski definition) is 3. The average Bonchev–Trinajstić information content (AvgIpc) is 2.16. The van der Waals surface area contributed by atoms with Crippen LogP contribution in [0.1, 0.15) is 27.2 Å². The molecule has 0 aromatic carbocycles. The van der Waals surface area contributed by atoms with Gasteiger partial charge in [-0.3, -0.25) is 4.79 Å². The Morgan fingerprint density at radius 1 is 1.31 bits per heavy atom. The normalized spacial score (nSPS) is 14.6. The number of amides is 1. The van der Waals surface area contributed by atoms with Gasteiger partial charge in [0.1, 0.15) is 0 Å². The monoisotopic (exact) mass is 231 g/mol. The molecule has 0 radical (unpaired) electrons. The summed E-state index contributed by atoms with van der Waals surface area (Å²) in [7, 11) is 1.40. The lowest BCUT2D eigenvalue weighted by Gasteiger charge is -2.17. The van der Waals surface area contributed by atoms with Crippen LogP contribution in [0.4, 0.5) is 0 Å². The van der Waals surface area contributed by atoms with Gasteiger partial charge in [0.05, 0.1) is 6.61 Å². The first-order chi connectivity index (χ1) is 7.38. The Kier molecular flexibility index (Phi) is 6.72. The molecule has 0 rings (SSSR count). The van der Waals surface area contributed by atoms with E-state index in [1.54, 1.807) is 0 Å². The minimum absolute atomic E-state index is 0.0167. The second kappa shape index (κ2) is 7.22. The molecule has 0 aliphatic carbocycles. The van der Waals surface area contributed by atoms with Gasteiger partial charge in [0.2, 0.25) is 5.91 Å². The predicted octanol–water partition coefficient (Wildman–Crippen LogP) is 0.884. The Morgan fingerprint density at radius 3 is 2.25 bits per heavy atom. The SMILES string of the molecule is COCC(NC(=O)CC(C)C(C)C)C(=O)O. The van der Waals surface area contributed by atoms with Crippen molar-refractivity contribution in [1.82, 2.24) is 5.32 Å². The van der Waals surface area contributed by atoms with Gasteiger partial charge in [-0.05, 0) is 11.8 Å². The highest BCUT2D eigenvalue weighted by atomic mass is 16.5. The number of nitrogens with one attached hydrogen (secondary N) is 1. The Bertz CT molecular complexity index is 240. The number of carbonyl (C=O) groups is 2. The zero-order chi connectivity index (χ0) is 12.7. The molecule has 5 heteroatoms. The largest absolute Gasteiger partial charge is 0.480 e. The Hall–Kier alpha value is -1.10. The van der Waals surface area contributed by atoms with E-state index in [0.29, 0.717) is 12.3 Å². The smallest absolute Gasteiger partial charge is 0.328 e. The van der Waals surface area contributed by atoms with Crippen LogP contribution in [0.3, 0.4) is 0 Å². The van der Waals surface area contributed by atoms with Crippen LogP contribution in [0, 0.1) is 11.8 Å².